The standard InChI is InChI=1S/C9H6ClF4NO2/c10-5-1-2-6(11)7(3-5)15-8(16)17-4-9(12,13)14/h1-3H,4H2,(H,15,16). The van der Waals surface area contributed by atoms with Gasteiger partial charge < -0.3 is 4.74 Å². The van der Waals surface area contributed by atoms with Gasteiger partial charge in [-0.3, -0.25) is 5.32 Å². The Bertz CT molecular complexity index is 422. The maximum atomic E-state index is 13.1. The van der Waals surface area contributed by atoms with Crippen molar-refractivity contribution in [2.45, 2.75) is 6.18 Å². The highest BCUT2D eigenvalue weighted by molar-refractivity contribution is 6.30. The van der Waals surface area contributed by atoms with Crippen LogP contribution in [0.2, 0.25) is 5.02 Å². The molecule has 1 N–H and O–H groups in total. The third kappa shape index (κ3) is 4.90. The van der Waals surface area contributed by atoms with Crippen LogP contribution < -0.4 is 5.32 Å². The smallest absolute Gasteiger partial charge is 0.422 e. The van der Waals surface area contributed by atoms with E-state index >= 15 is 0 Å². The van der Waals surface area contributed by atoms with Crippen LogP contribution in [0.1, 0.15) is 0 Å². The first-order valence-corrected chi connectivity index (χ1v) is 4.61. The Morgan fingerprint density at radius 3 is 2.65 bits per heavy atom. The monoisotopic (exact) mass is 271 g/mol. The number of ether oxygens (including phenoxy) is 1. The number of hydrogen-bond acceptors (Lipinski definition) is 2. The summed E-state index contributed by atoms with van der Waals surface area (Å²) < 4.78 is 52.0. The van der Waals surface area contributed by atoms with Gasteiger partial charge in [-0.2, -0.15) is 13.2 Å². The molecule has 1 amide bonds. The number of benzene rings is 1. The molecule has 0 atom stereocenters. The van der Waals surface area contributed by atoms with Crippen molar-refractivity contribution in [1.82, 2.24) is 0 Å². The molecule has 0 saturated heterocycles. The average Bonchev–Trinajstić information content (AvgIpc) is 2.20. The Labute approximate surface area is 98.3 Å². The molecular formula is C9H6ClF4NO2. The van der Waals surface area contributed by atoms with E-state index in [1.807, 2.05) is 0 Å². The summed E-state index contributed by atoms with van der Waals surface area (Å²) in [5, 5.41) is 1.93. The minimum Gasteiger partial charge on any atom is -0.440 e. The van der Waals surface area contributed by atoms with Crippen LogP contribution in [0, 0.1) is 5.82 Å². The lowest BCUT2D eigenvalue weighted by molar-refractivity contribution is -0.159. The number of nitrogens with one attached hydrogen (secondary N) is 1. The van der Waals surface area contributed by atoms with E-state index in [1.165, 1.54) is 6.07 Å². The van der Waals surface area contributed by atoms with Crippen LogP contribution in [-0.2, 0) is 4.74 Å². The van der Waals surface area contributed by atoms with Crippen molar-refractivity contribution in [3.63, 3.8) is 0 Å². The molecule has 0 radical (unpaired) electrons. The first-order valence-electron chi connectivity index (χ1n) is 4.23. The predicted molar refractivity (Wildman–Crippen MR) is 52.4 cm³/mol. The second-order valence-corrected chi connectivity index (χ2v) is 3.38. The summed E-state index contributed by atoms with van der Waals surface area (Å²) in [6.45, 7) is -1.75. The molecule has 0 aliphatic carbocycles. The molecule has 0 bridgehead atoms. The van der Waals surface area contributed by atoms with E-state index in [0.717, 1.165) is 12.1 Å². The van der Waals surface area contributed by atoms with Crippen LogP contribution in [0.5, 0.6) is 0 Å². The minimum atomic E-state index is -4.63. The zero-order valence-corrected chi connectivity index (χ0v) is 8.90. The van der Waals surface area contributed by atoms with E-state index in [0.29, 0.717) is 0 Å². The molecule has 1 rings (SSSR count). The fourth-order valence-corrected chi connectivity index (χ4v) is 1.06. The van der Waals surface area contributed by atoms with Gasteiger partial charge in [-0.1, -0.05) is 11.6 Å². The van der Waals surface area contributed by atoms with Crippen molar-refractivity contribution >= 4 is 23.4 Å². The second-order valence-electron chi connectivity index (χ2n) is 2.94. The van der Waals surface area contributed by atoms with Crippen LogP contribution in [0.3, 0.4) is 0 Å². The molecule has 17 heavy (non-hydrogen) atoms. The zero-order chi connectivity index (χ0) is 13.1. The van der Waals surface area contributed by atoms with Crippen molar-refractivity contribution in [3.8, 4) is 0 Å². The molecule has 0 unspecified atom stereocenters. The molecule has 0 aliphatic heterocycles. The van der Waals surface area contributed by atoms with E-state index in [4.69, 9.17) is 11.6 Å². The Kier molecular flexibility index (Phi) is 4.17. The molecule has 0 aromatic heterocycles. The van der Waals surface area contributed by atoms with Crippen LogP contribution in [-0.4, -0.2) is 18.9 Å². The topological polar surface area (TPSA) is 38.3 Å². The molecule has 3 nitrogen and oxygen atoms in total. The lowest BCUT2D eigenvalue weighted by atomic mass is 10.3. The maximum absolute atomic E-state index is 13.1. The fraction of sp³-hybridized carbons (Fsp3) is 0.222. The largest absolute Gasteiger partial charge is 0.440 e. The lowest BCUT2D eigenvalue weighted by Gasteiger charge is -2.09. The fourth-order valence-electron chi connectivity index (χ4n) is 0.887. The summed E-state index contributed by atoms with van der Waals surface area (Å²) in [6, 6.07) is 3.23. The van der Waals surface area contributed by atoms with E-state index < -0.39 is 24.7 Å². The first-order chi connectivity index (χ1) is 7.78. The Hall–Kier alpha value is -1.50. The highest BCUT2D eigenvalue weighted by Gasteiger charge is 2.29. The molecule has 94 valence electrons. The van der Waals surface area contributed by atoms with Crippen molar-refractivity contribution in [3.05, 3.63) is 29.0 Å². The maximum Gasteiger partial charge on any atom is 0.422 e. The van der Waals surface area contributed by atoms with Gasteiger partial charge in [0, 0.05) is 5.02 Å². The quantitative estimate of drug-likeness (QED) is 0.835. The SMILES string of the molecule is O=C(Nc1cc(Cl)ccc1F)OCC(F)(F)F. The number of carbonyl (C=O) groups excluding carboxylic acids is 1. The van der Waals surface area contributed by atoms with Crippen LogP contribution in [0.4, 0.5) is 28.0 Å². The van der Waals surface area contributed by atoms with Crippen LogP contribution in [0.25, 0.3) is 0 Å². The van der Waals surface area contributed by atoms with Gasteiger partial charge in [-0.05, 0) is 18.2 Å². The van der Waals surface area contributed by atoms with Crippen molar-refractivity contribution in [2.75, 3.05) is 11.9 Å². The molecule has 0 fully saturated rings. The molecular weight excluding hydrogens is 266 g/mol. The van der Waals surface area contributed by atoms with Crippen LogP contribution >= 0.6 is 11.6 Å². The number of carbonyl (C=O) groups is 1. The number of hydrogen-bond donors (Lipinski definition) is 1. The Balaban J connectivity index is 2.59. The number of alkyl halides is 3. The average molecular weight is 272 g/mol. The molecule has 0 heterocycles. The van der Waals surface area contributed by atoms with Gasteiger partial charge in [0.05, 0.1) is 5.69 Å². The summed E-state index contributed by atoms with van der Waals surface area (Å²) in [4.78, 5) is 10.9. The van der Waals surface area contributed by atoms with Crippen LogP contribution in [0.15, 0.2) is 18.2 Å². The first kappa shape index (κ1) is 13.6. The van der Waals surface area contributed by atoms with Gasteiger partial charge in [0.1, 0.15) is 5.82 Å². The van der Waals surface area contributed by atoms with E-state index in [1.54, 1.807) is 5.32 Å². The minimum absolute atomic E-state index is 0.123. The highest BCUT2D eigenvalue weighted by atomic mass is 35.5. The summed E-state index contributed by atoms with van der Waals surface area (Å²) in [6.07, 6.45) is -6.05. The summed E-state index contributed by atoms with van der Waals surface area (Å²) in [5.74, 6) is -0.835. The number of rotatable bonds is 2. The zero-order valence-electron chi connectivity index (χ0n) is 8.15. The normalized spacial score (nSPS) is 11.1. The predicted octanol–water partition coefficient (Wildman–Crippen LogP) is 3.59. The van der Waals surface area contributed by atoms with Gasteiger partial charge >= 0.3 is 12.3 Å². The molecule has 1 aromatic carbocycles. The van der Waals surface area contributed by atoms with Gasteiger partial charge in [0.25, 0.3) is 0 Å². The molecule has 0 aliphatic rings. The van der Waals surface area contributed by atoms with E-state index in [2.05, 4.69) is 4.74 Å². The van der Waals surface area contributed by atoms with Crippen molar-refractivity contribution in [1.29, 1.82) is 0 Å². The molecule has 0 saturated carbocycles. The molecule has 1 aromatic rings. The van der Waals surface area contributed by atoms with Crippen molar-refractivity contribution < 1.29 is 27.1 Å². The second kappa shape index (κ2) is 5.22. The number of halogens is 5. The van der Waals surface area contributed by atoms with Gasteiger partial charge in [-0.25, -0.2) is 9.18 Å². The van der Waals surface area contributed by atoms with E-state index in [-0.39, 0.29) is 10.7 Å². The number of anilines is 1. The third-order valence-corrected chi connectivity index (χ3v) is 1.77. The van der Waals surface area contributed by atoms with Gasteiger partial charge in [0.2, 0.25) is 0 Å². The summed E-state index contributed by atoms with van der Waals surface area (Å²) in [5.41, 5.74) is -0.357. The Morgan fingerprint density at radius 1 is 1.41 bits per heavy atom. The Morgan fingerprint density at radius 2 is 2.06 bits per heavy atom. The molecule has 8 heteroatoms. The van der Waals surface area contributed by atoms with Crippen molar-refractivity contribution in [2.24, 2.45) is 0 Å². The number of amides is 1. The lowest BCUT2D eigenvalue weighted by Crippen LogP contribution is -2.23. The summed E-state index contributed by atoms with van der Waals surface area (Å²) in [7, 11) is 0. The van der Waals surface area contributed by atoms with E-state index in [9.17, 15) is 22.4 Å². The molecule has 0 spiro atoms. The van der Waals surface area contributed by atoms with Gasteiger partial charge in [-0.15, -0.1) is 0 Å². The third-order valence-electron chi connectivity index (χ3n) is 1.53. The highest BCUT2D eigenvalue weighted by Crippen LogP contribution is 2.20. The van der Waals surface area contributed by atoms with Gasteiger partial charge in [0.15, 0.2) is 6.61 Å². The summed E-state index contributed by atoms with van der Waals surface area (Å²) >= 11 is 5.51.